The number of carbonyl (C=O) groups is 2. The molecule has 0 spiro atoms. The summed E-state index contributed by atoms with van der Waals surface area (Å²) in [6.07, 6.45) is 0.260. The molecule has 2 fully saturated rings. The molecule has 4 rings (SSSR count). The van der Waals surface area contributed by atoms with E-state index in [0.717, 1.165) is 23.7 Å². The number of hydrogen-bond acceptors (Lipinski definition) is 4. The fourth-order valence-electron chi connectivity index (χ4n) is 3.49. The van der Waals surface area contributed by atoms with Gasteiger partial charge in [0.15, 0.2) is 6.04 Å². The van der Waals surface area contributed by atoms with Crippen LogP contribution in [0.3, 0.4) is 0 Å². The lowest BCUT2D eigenvalue weighted by Gasteiger charge is -2.27. The number of morpholine rings is 1. The van der Waals surface area contributed by atoms with Crippen molar-refractivity contribution in [2.75, 3.05) is 31.2 Å². The molecule has 134 valence electrons. The van der Waals surface area contributed by atoms with E-state index >= 15 is 0 Å². The number of imide groups is 1. The summed E-state index contributed by atoms with van der Waals surface area (Å²) in [5, 5.41) is 0. The summed E-state index contributed by atoms with van der Waals surface area (Å²) in [5.74, 6) is 1.14. The van der Waals surface area contributed by atoms with Gasteiger partial charge < -0.3 is 14.4 Å². The van der Waals surface area contributed by atoms with Crippen LogP contribution in [0.5, 0.6) is 11.5 Å². The molecule has 6 nitrogen and oxygen atoms in total. The highest BCUT2D eigenvalue weighted by Crippen LogP contribution is 2.27. The number of anilines is 1. The minimum absolute atomic E-state index is 0.122. The van der Waals surface area contributed by atoms with Gasteiger partial charge >= 0.3 is 0 Å². The monoisotopic (exact) mass is 353 g/mol. The first kappa shape index (κ1) is 16.8. The number of rotatable bonds is 4. The molecule has 2 aliphatic rings. The number of quaternary nitrogens is 1. The van der Waals surface area contributed by atoms with E-state index in [4.69, 9.17) is 9.47 Å². The molecular weight excluding hydrogens is 332 g/mol. The second-order valence-electron chi connectivity index (χ2n) is 6.50. The zero-order valence-corrected chi connectivity index (χ0v) is 14.4. The van der Waals surface area contributed by atoms with Crippen LogP contribution in [0.25, 0.3) is 0 Å². The minimum Gasteiger partial charge on any atom is -0.457 e. The van der Waals surface area contributed by atoms with Crippen LogP contribution in [0.15, 0.2) is 54.6 Å². The lowest BCUT2D eigenvalue weighted by atomic mass is 10.2. The molecule has 2 aromatic rings. The number of carbonyl (C=O) groups excluding carboxylic acids is 2. The van der Waals surface area contributed by atoms with Crippen molar-refractivity contribution >= 4 is 17.5 Å². The van der Waals surface area contributed by atoms with Crippen LogP contribution in [-0.2, 0) is 14.3 Å². The zero-order valence-electron chi connectivity index (χ0n) is 14.4. The normalized spacial score (nSPS) is 21.2. The Morgan fingerprint density at radius 2 is 1.58 bits per heavy atom. The summed E-state index contributed by atoms with van der Waals surface area (Å²) in [7, 11) is 0. The number of benzene rings is 2. The van der Waals surface area contributed by atoms with Gasteiger partial charge in [-0.2, -0.15) is 0 Å². The summed E-state index contributed by atoms with van der Waals surface area (Å²) in [6.45, 7) is 2.81. The molecule has 2 heterocycles. The lowest BCUT2D eigenvalue weighted by molar-refractivity contribution is -0.922. The highest BCUT2D eigenvalue weighted by molar-refractivity contribution is 6.21. The summed E-state index contributed by atoms with van der Waals surface area (Å²) in [4.78, 5) is 27.7. The number of nitrogens with one attached hydrogen (secondary N) is 1. The van der Waals surface area contributed by atoms with E-state index in [1.54, 1.807) is 24.3 Å². The number of nitrogens with zero attached hydrogens (tertiary/aromatic N) is 1. The van der Waals surface area contributed by atoms with Gasteiger partial charge in [0.05, 0.1) is 25.3 Å². The van der Waals surface area contributed by atoms with Crippen LogP contribution in [0.1, 0.15) is 6.42 Å². The third kappa shape index (κ3) is 3.34. The Hall–Kier alpha value is -2.70. The average Bonchev–Trinajstić information content (AvgIpc) is 2.98. The first-order valence-corrected chi connectivity index (χ1v) is 8.84. The lowest BCUT2D eigenvalue weighted by Crippen LogP contribution is -3.18. The summed E-state index contributed by atoms with van der Waals surface area (Å²) in [5.41, 5.74) is 0.593. The second kappa shape index (κ2) is 7.27. The first-order valence-electron chi connectivity index (χ1n) is 8.84. The summed E-state index contributed by atoms with van der Waals surface area (Å²) >= 11 is 0. The minimum atomic E-state index is -0.299. The number of ether oxygens (including phenoxy) is 2. The molecule has 0 aromatic heterocycles. The van der Waals surface area contributed by atoms with E-state index in [9.17, 15) is 9.59 Å². The summed E-state index contributed by atoms with van der Waals surface area (Å²) in [6, 6.07) is 16.2. The van der Waals surface area contributed by atoms with Crippen molar-refractivity contribution in [3.8, 4) is 11.5 Å². The van der Waals surface area contributed by atoms with Gasteiger partial charge in [-0.05, 0) is 36.4 Å². The maximum absolute atomic E-state index is 12.8. The quantitative estimate of drug-likeness (QED) is 0.834. The van der Waals surface area contributed by atoms with Gasteiger partial charge in [0.1, 0.15) is 24.6 Å². The highest BCUT2D eigenvalue weighted by atomic mass is 16.5. The third-order valence-corrected chi connectivity index (χ3v) is 4.85. The molecule has 26 heavy (non-hydrogen) atoms. The van der Waals surface area contributed by atoms with Crippen molar-refractivity contribution in [2.45, 2.75) is 12.5 Å². The van der Waals surface area contributed by atoms with Crippen LogP contribution >= 0.6 is 0 Å². The molecule has 2 aromatic carbocycles. The predicted octanol–water partition coefficient (Wildman–Crippen LogP) is 1.03. The van der Waals surface area contributed by atoms with Crippen molar-refractivity contribution in [1.29, 1.82) is 0 Å². The average molecular weight is 353 g/mol. The molecule has 0 bridgehead atoms. The third-order valence-electron chi connectivity index (χ3n) is 4.85. The summed E-state index contributed by atoms with van der Waals surface area (Å²) < 4.78 is 11.1. The van der Waals surface area contributed by atoms with E-state index in [1.807, 2.05) is 30.3 Å². The molecular formula is C20H21N2O4+. The van der Waals surface area contributed by atoms with Gasteiger partial charge in [-0.1, -0.05) is 18.2 Å². The molecule has 2 amide bonds. The van der Waals surface area contributed by atoms with Crippen molar-refractivity contribution in [2.24, 2.45) is 0 Å². The topological polar surface area (TPSA) is 60.3 Å². The SMILES string of the molecule is O=C1C[C@H]([NH+]2CCOCC2)C(=O)N1c1ccc(Oc2ccccc2)cc1. The Labute approximate surface area is 151 Å². The van der Waals surface area contributed by atoms with Crippen molar-refractivity contribution < 1.29 is 24.0 Å². The van der Waals surface area contributed by atoms with E-state index in [0.29, 0.717) is 24.7 Å². The molecule has 0 saturated carbocycles. The maximum atomic E-state index is 12.8. The van der Waals surface area contributed by atoms with Gasteiger partial charge in [-0.3, -0.25) is 9.59 Å². The molecule has 1 N–H and O–H groups in total. The smallest absolute Gasteiger partial charge is 0.292 e. The molecule has 2 aliphatic heterocycles. The molecule has 6 heteroatoms. The molecule has 0 aliphatic carbocycles. The van der Waals surface area contributed by atoms with E-state index in [1.165, 1.54) is 4.90 Å². The van der Waals surface area contributed by atoms with Gasteiger partial charge in [0.25, 0.3) is 5.91 Å². The first-order chi connectivity index (χ1) is 12.7. The van der Waals surface area contributed by atoms with E-state index < -0.39 is 0 Å². The molecule has 2 saturated heterocycles. The molecule has 1 atom stereocenters. The Bertz CT molecular complexity index is 785. The van der Waals surface area contributed by atoms with Gasteiger partial charge in [0.2, 0.25) is 5.91 Å². The van der Waals surface area contributed by atoms with Crippen molar-refractivity contribution in [3.63, 3.8) is 0 Å². The number of para-hydroxylation sites is 1. The Morgan fingerprint density at radius 3 is 2.27 bits per heavy atom. The fourth-order valence-corrected chi connectivity index (χ4v) is 3.49. The van der Waals surface area contributed by atoms with Gasteiger partial charge in [-0.25, -0.2) is 4.90 Å². The zero-order chi connectivity index (χ0) is 17.9. The Balaban J connectivity index is 1.48. The van der Waals surface area contributed by atoms with Crippen LogP contribution in [0.2, 0.25) is 0 Å². The predicted molar refractivity (Wildman–Crippen MR) is 95.4 cm³/mol. The Morgan fingerprint density at radius 1 is 0.923 bits per heavy atom. The number of amides is 2. The Kier molecular flexibility index (Phi) is 4.69. The van der Waals surface area contributed by atoms with Crippen molar-refractivity contribution in [3.05, 3.63) is 54.6 Å². The second-order valence-corrected chi connectivity index (χ2v) is 6.50. The highest BCUT2D eigenvalue weighted by Gasteiger charge is 2.46. The number of hydrogen-bond donors (Lipinski definition) is 1. The van der Waals surface area contributed by atoms with E-state index in [2.05, 4.69) is 0 Å². The van der Waals surface area contributed by atoms with Crippen LogP contribution < -0.4 is 14.5 Å². The fraction of sp³-hybridized carbons (Fsp3) is 0.300. The van der Waals surface area contributed by atoms with Crippen LogP contribution in [0.4, 0.5) is 5.69 Å². The van der Waals surface area contributed by atoms with Crippen LogP contribution in [0, 0.1) is 0 Å². The van der Waals surface area contributed by atoms with Crippen molar-refractivity contribution in [1.82, 2.24) is 0 Å². The standard InChI is InChI=1S/C20H20N2O4/c23-19-14-18(21-10-12-25-13-11-21)20(24)22(19)15-6-8-17(9-7-15)26-16-4-2-1-3-5-16/h1-9,18H,10-14H2/p+1/t18-/m0/s1. The largest absolute Gasteiger partial charge is 0.457 e. The molecule has 0 radical (unpaired) electrons. The van der Waals surface area contributed by atoms with Gasteiger partial charge in [0, 0.05) is 0 Å². The molecule has 0 unspecified atom stereocenters. The van der Waals surface area contributed by atoms with E-state index in [-0.39, 0.29) is 24.3 Å². The van der Waals surface area contributed by atoms with Crippen LogP contribution in [-0.4, -0.2) is 44.2 Å². The van der Waals surface area contributed by atoms with Gasteiger partial charge in [-0.15, -0.1) is 0 Å². The maximum Gasteiger partial charge on any atom is 0.292 e.